The van der Waals surface area contributed by atoms with Crippen LogP contribution in [-0.2, 0) is 19.6 Å². The van der Waals surface area contributed by atoms with Gasteiger partial charge in [-0.15, -0.1) is 0 Å². The molecule has 0 spiro atoms. The summed E-state index contributed by atoms with van der Waals surface area (Å²) in [6.45, 7) is 2.69. The largest absolute Gasteiger partial charge is 0.466 e. The van der Waals surface area contributed by atoms with Crippen molar-refractivity contribution in [3.63, 3.8) is 0 Å². The molecule has 1 saturated heterocycles. The predicted octanol–water partition coefficient (Wildman–Crippen LogP) is 2.41. The average molecular weight is 376 g/mol. The van der Waals surface area contributed by atoms with Crippen molar-refractivity contribution in [2.75, 3.05) is 19.7 Å². The third-order valence-corrected chi connectivity index (χ3v) is 5.86. The molecular weight excluding hydrogens is 358 g/mol. The van der Waals surface area contributed by atoms with Crippen LogP contribution < -0.4 is 0 Å². The van der Waals surface area contributed by atoms with Gasteiger partial charge in [0.15, 0.2) is 0 Å². The van der Waals surface area contributed by atoms with Gasteiger partial charge in [-0.3, -0.25) is 4.79 Å². The highest BCUT2D eigenvalue weighted by molar-refractivity contribution is 9.10. The number of benzene rings is 1. The lowest BCUT2D eigenvalue weighted by atomic mass is 10.0. The van der Waals surface area contributed by atoms with Gasteiger partial charge >= 0.3 is 5.97 Å². The number of nitrogens with zero attached hydrogens (tertiary/aromatic N) is 1. The molecule has 0 bridgehead atoms. The minimum atomic E-state index is -3.56. The Hall–Kier alpha value is -0.920. The minimum Gasteiger partial charge on any atom is -0.466 e. The molecule has 0 amide bonds. The normalized spacial score (nSPS) is 20.2. The van der Waals surface area contributed by atoms with Gasteiger partial charge in [0, 0.05) is 17.6 Å². The molecule has 1 aliphatic heterocycles. The lowest BCUT2D eigenvalue weighted by Gasteiger charge is -2.30. The van der Waals surface area contributed by atoms with E-state index in [-0.39, 0.29) is 23.3 Å². The van der Waals surface area contributed by atoms with Crippen LogP contribution in [0.25, 0.3) is 0 Å². The fourth-order valence-electron chi connectivity index (χ4n) is 2.37. The maximum absolute atomic E-state index is 12.6. The van der Waals surface area contributed by atoms with E-state index in [0.29, 0.717) is 26.0 Å². The predicted molar refractivity (Wildman–Crippen MR) is 82.3 cm³/mol. The van der Waals surface area contributed by atoms with Gasteiger partial charge in [0.05, 0.1) is 17.4 Å². The van der Waals surface area contributed by atoms with E-state index in [1.165, 1.54) is 4.31 Å². The molecule has 1 unspecified atom stereocenters. The monoisotopic (exact) mass is 375 g/mol. The smallest absolute Gasteiger partial charge is 0.310 e. The fraction of sp³-hybridized carbons (Fsp3) is 0.500. The maximum atomic E-state index is 12.6. The number of rotatable bonds is 4. The molecule has 116 valence electrons. The first-order valence-corrected chi connectivity index (χ1v) is 9.11. The Morgan fingerprint density at radius 2 is 2.05 bits per heavy atom. The van der Waals surface area contributed by atoms with E-state index in [9.17, 15) is 13.2 Å². The highest BCUT2D eigenvalue weighted by Gasteiger charge is 2.33. The van der Waals surface area contributed by atoms with E-state index in [0.717, 1.165) is 4.47 Å². The van der Waals surface area contributed by atoms with Crippen molar-refractivity contribution in [2.24, 2.45) is 5.92 Å². The van der Waals surface area contributed by atoms with Gasteiger partial charge in [-0.05, 0) is 44.0 Å². The van der Waals surface area contributed by atoms with Gasteiger partial charge < -0.3 is 4.74 Å². The van der Waals surface area contributed by atoms with Crippen LogP contribution in [0.1, 0.15) is 19.8 Å². The highest BCUT2D eigenvalue weighted by Crippen LogP contribution is 2.25. The topological polar surface area (TPSA) is 63.7 Å². The zero-order valence-corrected chi connectivity index (χ0v) is 14.2. The molecule has 1 aromatic carbocycles. The van der Waals surface area contributed by atoms with E-state index < -0.39 is 10.0 Å². The number of carbonyl (C=O) groups excluding carboxylic acids is 1. The number of hydrogen-bond acceptors (Lipinski definition) is 4. The van der Waals surface area contributed by atoms with Crippen LogP contribution in [0.5, 0.6) is 0 Å². The van der Waals surface area contributed by atoms with Gasteiger partial charge in [-0.2, -0.15) is 4.31 Å². The van der Waals surface area contributed by atoms with Crippen LogP contribution in [-0.4, -0.2) is 38.4 Å². The first-order chi connectivity index (χ1) is 9.95. The van der Waals surface area contributed by atoms with Gasteiger partial charge in [-0.25, -0.2) is 8.42 Å². The Kier molecular flexibility index (Phi) is 5.40. The lowest BCUT2D eigenvalue weighted by Crippen LogP contribution is -2.42. The number of ether oxygens (including phenoxy) is 1. The number of sulfonamides is 1. The van der Waals surface area contributed by atoms with Crippen LogP contribution in [0, 0.1) is 5.92 Å². The standard InChI is InChI=1S/C14H18BrNO4S/c1-2-20-14(17)11-4-3-9-16(10-11)21(18,19)13-7-5-12(15)6-8-13/h5-8,11H,2-4,9-10H2,1H3. The summed E-state index contributed by atoms with van der Waals surface area (Å²) in [6.07, 6.45) is 1.34. The van der Waals surface area contributed by atoms with Crippen molar-refractivity contribution in [2.45, 2.75) is 24.7 Å². The maximum Gasteiger partial charge on any atom is 0.310 e. The summed E-state index contributed by atoms with van der Waals surface area (Å²) in [7, 11) is -3.56. The molecule has 0 radical (unpaired) electrons. The molecule has 1 aliphatic rings. The quantitative estimate of drug-likeness (QED) is 0.758. The van der Waals surface area contributed by atoms with E-state index in [4.69, 9.17) is 4.74 Å². The second-order valence-corrected chi connectivity index (χ2v) is 7.76. The molecule has 0 aromatic heterocycles. The summed E-state index contributed by atoms with van der Waals surface area (Å²) in [5.41, 5.74) is 0. The van der Waals surface area contributed by atoms with Crippen molar-refractivity contribution < 1.29 is 17.9 Å². The Bertz CT molecular complexity index is 600. The summed E-state index contributed by atoms with van der Waals surface area (Å²) in [4.78, 5) is 12.0. The number of hydrogen-bond donors (Lipinski definition) is 0. The number of esters is 1. The lowest BCUT2D eigenvalue weighted by molar-refractivity contribution is -0.149. The van der Waals surface area contributed by atoms with Gasteiger partial charge in [0.25, 0.3) is 0 Å². The zero-order chi connectivity index (χ0) is 15.5. The molecule has 1 fully saturated rings. The second kappa shape index (κ2) is 6.89. The molecule has 2 rings (SSSR count). The van der Waals surface area contributed by atoms with E-state index >= 15 is 0 Å². The van der Waals surface area contributed by atoms with Crippen molar-refractivity contribution in [3.05, 3.63) is 28.7 Å². The molecule has 0 aliphatic carbocycles. The van der Waals surface area contributed by atoms with Gasteiger partial charge in [-0.1, -0.05) is 15.9 Å². The molecular formula is C14H18BrNO4S. The van der Waals surface area contributed by atoms with Crippen molar-refractivity contribution in [1.82, 2.24) is 4.31 Å². The van der Waals surface area contributed by atoms with Gasteiger partial charge in [0.1, 0.15) is 0 Å². The van der Waals surface area contributed by atoms with Crippen LogP contribution in [0.4, 0.5) is 0 Å². The molecule has 7 heteroatoms. The molecule has 1 heterocycles. The molecule has 21 heavy (non-hydrogen) atoms. The van der Waals surface area contributed by atoms with E-state index in [1.54, 1.807) is 31.2 Å². The Labute approximate surface area is 133 Å². The SMILES string of the molecule is CCOC(=O)C1CCCN(S(=O)(=O)c2ccc(Br)cc2)C1. The Morgan fingerprint density at radius 1 is 1.38 bits per heavy atom. The first-order valence-electron chi connectivity index (χ1n) is 6.87. The average Bonchev–Trinajstić information content (AvgIpc) is 2.48. The molecule has 0 N–H and O–H groups in total. The molecule has 0 saturated carbocycles. The molecule has 5 nitrogen and oxygen atoms in total. The summed E-state index contributed by atoms with van der Waals surface area (Å²) in [5, 5.41) is 0. The van der Waals surface area contributed by atoms with Crippen molar-refractivity contribution in [3.8, 4) is 0 Å². The summed E-state index contributed by atoms with van der Waals surface area (Å²) in [5.74, 6) is -0.683. The summed E-state index contributed by atoms with van der Waals surface area (Å²) in [6, 6.07) is 6.51. The third kappa shape index (κ3) is 3.84. The summed E-state index contributed by atoms with van der Waals surface area (Å²) < 4.78 is 32.4. The Morgan fingerprint density at radius 3 is 2.67 bits per heavy atom. The van der Waals surface area contributed by atoms with Crippen molar-refractivity contribution >= 4 is 31.9 Å². The minimum absolute atomic E-state index is 0.192. The molecule has 1 atom stereocenters. The van der Waals surface area contributed by atoms with E-state index in [1.807, 2.05) is 0 Å². The number of piperidine rings is 1. The fourth-order valence-corrected chi connectivity index (χ4v) is 4.16. The Balaban J connectivity index is 2.16. The highest BCUT2D eigenvalue weighted by atomic mass is 79.9. The number of halogens is 1. The second-order valence-electron chi connectivity index (χ2n) is 4.91. The van der Waals surface area contributed by atoms with Crippen LogP contribution in [0.3, 0.4) is 0 Å². The van der Waals surface area contributed by atoms with Crippen LogP contribution in [0.2, 0.25) is 0 Å². The number of carbonyl (C=O) groups is 1. The van der Waals surface area contributed by atoms with Crippen molar-refractivity contribution in [1.29, 1.82) is 0 Å². The van der Waals surface area contributed by atoms with Crippen LogP contribution >= 0.6 is 15.9 Å². The molecule has 1 aromatic rings. The zero-order valence-electron chi connectivity index (χ0n) is 11.8. The van der Waals surface area contributed by atoms with Gasteiger partial charge in [0.2, 0.25) is 10.0 Å². The van der Waals surface area contributed by atoms with Crippen LogP contribution in [0.15, 0.2) is 33.6 Å². The van der Waals surface area contributed by atoms with E-state index in [2.05, 4.69) is 15.9 Å². The first kappa shape index (κ1) is 16.5. The third-order valence-electron chi connectivity index (χ3n) is 3.46. The summed E-state index contributed by atoms with van der Waals surface area (Å²) >= 11 is 3.28.